The fourth-order valence-electron chi connectivity index (χ4n) is 2.74. The third-order valence-electron chi connectivity index (χ3n) is 3.99. The molecule has 0 aromatic heterocycles. The normalized spacial score (nSPS) is 16.0. The second kappa shape index (κ2) is 8.75. The van der Waals surface area contributed by atoms with E-state index in [9.17, 15) is 18.4 Å². The van der Waals surface area contributed by atoms with Gasteiger partial charge < -0.3 is 15.8 Å². The van der Waals surface area contributed by atoms with E-state index in [0.717, 1.165) is 0 Å². The fourth-order valence-corrected chi connectivity index (χ4v) is 3.65. The molecule has 29 heavy (non-hydrogen) atoms. The Morgan fingerprint density at radius 3 is 2.62 bits per heavy atom. The van der Waals surface area contributed by atoms with Crippen LogP contribution in [0.4, 0.5) is 20.2 Å². The minimum atomic E-state index is -3.11. The summed E-state index contributed by atoms with van der Waals surface area (Å²) in [5, 5.41) is 8.18. The van der Waals surface area contributed by atoms with Crippen molar-refractivity contribution in [2.45, 2.75) is 19.1 Å². The standard InChI is InChI=1S/C18H14BrClF2N4O3/c19-11-6-9(20)7-12(15(11)29-18(21)22)24-17(28)13-8-14(16(23)27)26(25-13)10-4-2-1-3-5-10/h1-7,14,18H,8H2,(H2,23,27)(H,24,28)/t14-/m1/s1. The monoisotopic (exact) mass is 486 g/mol. The molecule has 3 rings (SSSR count). The highest BCUT2D eigenvalue weighted by Gasteiger charge is 2.35. The van der Waals surface area contributed by atoms with Gasteiger partial charge in [-0.05, 0) is 40.2 Å². The molecular weight excluding hydrogens is 474 g/mol. The third kappa shape index (κ3) is 4.83. The number of para-hydroxylation sites is 1. The molecule has 152 valence electrons. The molecule has 0 radical (unpaired) electrons. The summed E-state index contributed by atoms with van der Waals surface area (Å²) < 4.78 is 30.1. The van der Waals surface area contributed by atoms with E-state index in [1.807, 2.05) is 0 Å². The number of amides is 2. The molecule has 0 spiro atoms. The minimum Gasteiger partial charge on any atom is -0.431 e. The largest absolute Gasteiger partial charge is 0.431 e. The van der Waals surface area contributed by atoms with Crippen LogP contribution in [-0.4, -0.2) is 30.2 Å². The van der Waals surface area contributed by atoms with Crippen LogP contribution in [0.25, 0.3) is 0 Å². The number of benzene rings is 2. The third-order valence-corrected chi connectivity index (χ3v) is 4.79. The number of ether oxygens (including phenoxy) is 1. The number of nitrogens with two attached hydrogens (primary N) is 1. The number of halogens is 4. The summed E-state index contributed by atoms with van der Waals surface area (Å²) in [6, 6.07) is 10.5. The number of anilines is 2. The number of hydrazone groups is 1. The quantitative estimate of drug-likeness (QED) is 0.648. The Morgan fingerprint density at radius 1 is 1.31 bits per heavy atom. The number of nitrogens with zero attached hydrogens (tertiary/aromatic N) is 2. The Morgan fingerprint density at radius 2 is 2.00 bits per heavy atom. The van der Waals surface area contributed by atoms with E-state index in [1.54, 1.807) is 30.3 Å². The number of nitrogens with one attached hydrogen (secondary N) is 1. The molecule has 11 heteroatoms. The average Bonchev–Trinajstić information content (AvgIpc) is 3.11. The number of carbonyl (C=O) groups is 2. The van der Waals surface area contributed by atoms with E-state index < -0.39 is 24.5 Å². The van der Waals surface area contributed by atoms with Gasteiger partial charge in [0.1, 0.15) is 11.8 Å². The molecule has 1 heterocycles. The first-order valence-electron chi connectivity index (χ1n) is 8.22. The molecule has 1 aliphatic heterocycles. The highest BCUT2D eigenvalue weighted by atomic mass is 79.9. The van der Waals surface area contributed by atoms with Crippen LogP contribution >= 0.6 is 27.5 Å². The van der Waals surface area contributed by atoms with Crippen molar-refractivity contribution in [2.75, 3.05) is 10.3 Å². The lowest BCUT2D eigenvalue weighted by Crippen LogP contribution is -2.39. The highest BCUT2D eigenvalue weighted by molar-refractivity contribution is 9.10. The smallest absolute Gasteiger partial charge is 0.387 e. The molecule has 1 atom stereocenters. The first kappa shape index (κ1) is 21.0. The summed E-state index contributed by atoms with van der Waals surface area (Å²) in [7, 11) is 0. The molecule has 0 saturated heterocycles. The summed E-state index contributed by atoms with van der Waals surface area (Å²) in [4.78, 5) is 24.5. The van der Waals surface area contributed by atoms with E-state index in [2.05, 4.69) is 31.1 Å². The van der Waals surface area contributed by atoms with Gasteiger partial charge in [-0.15, -0.1) is 0 Å². The predicted molar refractivity (Wildman–Crippen MR) is 108 cm³/mol. The molecule has 2 amide bonds. The van der Waals surface area contributed by atoms with Crippen molar-refractivity contribution in [3.63, 3.8) is 0 Å². The van der Waals surface area contributed by atoms with E-state index in [-0.39, 0.29) is 33.1 Å². The average molecular weight is 488 g/mol. The maximum atomic E-state index is 12.7. The van der Waals surface area contributed by atoms with Gasteiger partial charge in [0.25, 0.3) is 5.91 Å². The minimum absolute atomic E-state index is 0.00301. The molecule has 3 N–H and O–H groups in total. The Hall–Kier alpha value is -2.72. The Balaban J connectivity index is 1.89. The van der Waals surface area contributed by atoms with Crippen molar-refractivity contribution < 1.29 is 23.1 Å². The van der Waals surface area contributed by atoms with Gasteiger partial charge in [-0.25, -0.2) is 0 Å². The van der Waals surface area contributed by atoms with Gasteiger partial charge in [-0.3, -0.25) is 14.6 Å². The van der Waals surface area contributed by atoms with Crippen molar-refractivity contribution in [1.29, 1.82) is 0 Å². The first-order chi connectivity index (χ1) is 13.8. The van der Waals surface area contributed by atoms with Gasteiger partial charge in [-0.2, -0.15) is 13.9 Å². The Labute approximate surface area is 177 Å². The molecule has 0 unspecified atom stereocenters. The van der Waals surface area contributed by atoms with E-state index >= 15 is 0 Å². The van der Waals surface area contributed by atoms with E-state index in [0.29, 0.717) is 5.69 Å². The van der Waals surface area contributed by atoms with Gasteiger partial charge in [0.15, 0.2) is 5.75 Å². The van der Waals surface area contributed by atoms with Crippen LogP contribution in [0.5, 0.6) is 5.75 Å². The predicted octanol–water partition coefficient (Wildman–Crippen LogP) is 3.76. The number of hydrogen-bond acceptors (Lipinski definition) is 5. The highest BCUT2D eigenvalue weighted by Crippen LogP contribution is 2.38. The lowest BCUT2D eigenvalue weighted by atomic mass is 10.1. The Bertz CT molecular complexity index is 975. The van der Waals surface area contributed by atoms with Crippen molar-refractivity contribution >= 4 is 56.4 Å². The lowest BCUT2D eigenvalue weighted by Gasteiger charge is -2.20. The second-order valence-electron chi connectivity index (χ2n) is 5.95. The van der Waals surface area contributed by atoms with Crippen LogP contribution in [0.15, 0.2) is 52.0 Å². The van der Waals surface area contributed by atoms with Gasteiger partial charge in [0, 0.05) is 11.4 Å². The lowest BCUT2D eigenvalue weighted by molar-refractivity contribution is -0.119. The number of primary amides is 1. The van der Waals surface area contributed by atoms with Crippen molar-refractivity contribution in [2.24, 2.45) is 10.8 Å². The molecular formula is C18H14BrClF2N4O3. The molecule has 2 aromatic rings. The van der Waals surface area contributed by atoms with Crippen LogP contribution in [0.1, 0.15) is 6.42 Å². The summed E-state index contributed by atoms with van der Waals surface area (Å²) in [6.45, 7) is -3.11. The summed E-state index contributed by atoms with van der Waals surface area (Å²) in [5.41, 5.74) is 5.94. The number of rotatable bonds is 6. The van der Waals surface area contributed by atoms with Crippen LogP contribution in [0.2, 0.25) is 5.02 Å². The maximum Gasteiger partial charge on any atom is 0.387 e. The van der Waals surface area contributed by atoms with E-state index in [4.69, 9.17) is 17.3 Å². The number of hydrogen-bond donors (Lipinski definition) is 2. The summed E-state index contributed by atoms with van der Waals surface area (Å²) in [5.74, 6) is -1.65. The fraction of sp³-hybridized carbons (Fsp3) is 0.167. The number of carbonyl (C=O) groups excluding carboxylic acids is 2. The van der Waals surface area contributed by atoms with Gasteiger partial charge in [-0.1, -0.05) is 29.8 Å². The molecule has 0 bridgehead atoms. The second-order valence-corrected chi connectivity index (χ2v) is 7.24. The molecule has 0 saturated carbocycles. The Kier molecular flexibility index (Phi) is 6.33. The molecule has 1 aliphatic rings. The topological polar surface area (TPSA) is 97.0 Å². The molecule has 0 aliphatic carbocycles. The zero-order chi connectivity index (χ0) is 21.1. The van der Waals surface area contributed by atoms with Crippen LogP contribution in [0.3, 0.4) is 0 Å². The van der Waals surface area contributed by atoms with Crippen LogP contribution in [-0.2, 0) is 9.59 Å². The van der Waals surface area contributed by atoms with Gasteiger partial charge >= 0.3 is 6.61 Å². The van der Waals surface area contributed by atoms with Crippen LogP contribution in [0, 0.1) is 0 Å². The van der Waals surface area contributed by atoms with Crippen molar-refractivity contribution in [3.8, 4) is 5.75 Å². The summed E-state index contributed by atoms with van der Waals surface area (Å²) >= 11 is 9.02. The van der Waals surface area contributed by atoms with E-state index in [1.165, 1.54) is 17.1 Å². The molecule has 0 fully saturated rings. The van der Waals surface area contributed by atoms with Gasteiger partial charge in [0.05, 0.1) is 15.8 Å². The number of alkyl halides is 2. The van der Waals surface area contributed by atoms with Crippen LogP contribution < -0.4 is 20.8 Å². The van der Waals surface area contributed by atoms with Crippen molar-refractivity contribution in [1.82, 2.24) is 0 Å². The van der Waals surface area contributed by atoms with Crippen molar-refractivity contribution in [3.05, 3.63) is 52.0 Å². The first-order valence-corrected chi connectivity index (χ1v) is 9.39. The zero-order valence-electron chi connectivity index (χ0n) is 14.6. The summed E-state index contributed by atoms with van der Waals surface area (Å²) in [6.07, 6.45) is -0.0527. The maximum absolute atomic E-state index is 12.7. The molecule has 2 aromatic carbocycles. The molecule has 7 nitrogen and oxygen atoms in total. The van der Waals surface area contributed by atoms with Gasteiger partial charge in [0.2, 0.25) is 5.91 Å². The zero-order valence-corrected chi connectivity index (χ0v) is 17.0. The SMILES string of the molecule is NC(=O)[C@H]1CC(C(=O)Nc2cc(Cl)cc(Br)c2OC(F)F)=NN1c1ccccc1.